The number of rotatable bonds is 4. The van der Waals surface area contributed by atoms with E-state index in [1.807, 2.05) is 6.92 Å². The predicted molar refractivity (Wildman–Crippen MR) is 74.7 cm³/mol. The van der Waals surface area contributed by atoms with Crippen molar-refractivity contribution in [1.29, 1.82) is 0 Å². The molecule has 0 aromatic heterocycles. The summed E-state index contributed by atoms with van der Waals surface area (Å²) in [5.41, 5.74) is 6.88. The summed E-state index contributed by atoms with van der Waals surface area (Å²) in [5.74, 6) is 0. The molecule has 2 unspecified atom stereocenters. The summed E-state index contributed by atoms with van der Waals surface area (Å²) in [6.07, 6.45) is 2.05. The van der Waals surface area contributed by atoms with Gasteiger partial charge in [-0.05, 0) is 30.9 Å². The van der Waals surface area contributed by atoms with E-state index in [0.717, 1.165) is 5.56 Å². The first-order valence-electron chi connectivity index (χ1n) is 6.05. The molecule has 3 N–H and O–H groups in total. The molecule has 1 fully saturated rings. The van der Waals surface area contributed by atoms with Crippen molar-refractivity contribution in [3.8, 4) is 0 Å². The lowest BCUT2D eigenvalue weighted by Gasteiger charge is -2.16. The van der Waals surface area contributed by atoms with Crippen LogP contribution in [0.1, 0.15) is 18.5 Å². The van der Waals surface area contributed by atoms with Gasteiger partial charge in [0, 0.05) is 24.0 Å². The Morgan fingerprint density at radius 1 is 1.50 bits per heavy atom. The van der Waals surface area contributed by atoms with Crippen molar-refractivity contribution in [3.63, 3.8) is 0 Å². The highest BCUT2D eigenvalue weighted by Gasteiger charge is 2.29. The third kappa shape index (κ3) is 2.97. The number of thioether (sulfide) groups is 1. The number of nitrogens with zero attached hydrogens (tertiary/aromatic N) is 1. The van der Waals surface area contributed by atoms with Crippen LogP contribution in [0, 0.1) is 0 Å². The highest BCUT2D eigenvalue weighted by Crippen LogP contribution is 2.23. The largest absolute Gasteiger partial charge is 0.329 e. The van der Waals surface area contributed by atoms with Gasteiger partial charge in [0.2, 0.25) is 0 Å². The molecule has 0 saturated carbocycles. The highest BCUT2D eigenvalue weighted by molar-refractivity contribution is 7.98. The number of nitrogens with one attached hydrogen (secondary N) is 1. The fourth-order valence-corrected chi connectivity index (χ4v) is 2.53. The average Bonchev–Trinajstić information content (AvgIpc) is 2.70. The molecule has 1 saturated heterocycles. The van der Waals surface area contributed by atoms with E-state index in [0.29, 0.717) is 13.1 Å². The average molecular weight is 265 g/mol. The zero-order chi connectivity index (χ0) is 13.1. The molecule has 1 heterocycles. The summed E-state index contributed by atoms with van der Waals surface area (Å²) in [7, 11) is 0. The second-order valence-electron chi connectivity index (χ2n) is 4.66. The van der Waals surface area contributed by atoms with Crippen molar-refractivity contribution < 1.29 is 4.79 Å². The maximum absolute atomic E-state index is 11.8. The van der Waals surface area contributed by atoms with Gasteiger partial charge in [0.25, 0.3) is 0 Å². The minimum atomic E-state index is -0.0220. The van der Waals surface area contributed by atoms with Gasteiger partial charge in [-0.2, -0.15) is 0 Å². The number of hydrogen-bond donors (Lipinski definition) is 2. The van der Waals surface area contributed by atoms with E-state index in [1.165, 1.54) is 4.90 Å². The zero-order valence-electron chi connectivity index (χ0n) is 10.7. The normalized spacial score (nSPS) is 20.9. The van der Waals surface area contributed by atoms with E-state index in [4.69, 9.17) is 5.73 Å². The molecule has 1 aromatic rings. The Morgan fingerprint density at radius 2 is 2.17 bits per heavy atom. The fraction of sp³-hybridized carbons (Fsp3) is 0.462. The molecule has 18 heavy (non-hydrogen) atoms. The molecule has 2 atom stereocenters. The zero-order valence-corrected chi connectivity index (χ0v) is 11.5. The van der Waals surface area contributed by atoms with Gasteiger partial charge in [-0.25, -0.2) is 4.79 Å². The molecule has 0 spiro atoms. The van der Waals surface area contributed by atoms with Crippen LogP contribution in [0.15, 0.2) is 29.2 Å². The smallest absolute Gasteiger partial charge is 0.318 e. The number of nitrogens with two attached hydrogens (primary N) is 1. The molecular weight excluding hydrogens is 246 g/mol. The summed E-state index contributed by atoms with van der Waals surface area (Å²) in [5, 5.41) is 2.99. The maximum Gasteiger partial charge on any atom is 0.318 e. The van der Waals surface area contributed by atoms with E-state index in [-0.39, 0.29) is 18.1 Å². The van der Waals surface area contributed by atoms with Crippen LogP contribution in [0.5, 0.6) is 0 Å². The lowest BCUT2D eigenvalue weighted by atomic mass is 10.1. The monoisotopic (exact) mass is 265 g/mol. The van der Waals surface area contributed by atoms with Crippen molar-refractivity contribution >= 4 is 17.8 Å². The Hall–Kier alpha value is -1.20. The van der Waals surface area contributed by atoms with Crippen molar-refractivity contribution in [2.45, 2.75) is 23.9 Å². The van der Waals surface area contributed by atoms with Gasteiger partial charge in [0.15, 0.2) is 0 Å². The lowest BCUT2D eigenvalue weighted by molar-refractivity contribution is 0.215. The molecule has 1 aliphatic rings. The number of carbonyl (C=O) groups is 1. The standard InChI is InChI=1S/C13H19N3OS/c1-9(14)7-16-8-12(15-13(16)17)10-3-5-11(18-2)6-4-10/h3-6,9,12H,7-8,14H2,1-2H3,(H,15,17). The Morgan fingerprint density at radius 3 is 2.72 bits per heavy atom. The summed E-state index contributed by atoms with van der Waals surface area (Å²) in [6, 6.07) is 8.38. The summed E-state index contributed by atoms with van der Waals surface area (Å²) < 4.78 is 0. The summed E-state index contributed by atoms with van der Waals surface area (Å²) in [6.45, 7) is 3.21. The molecule has 5 heteroatoms. The van der Waals surface area contributed by atoms with Crippen LogP contribution in [0.4, 0.5) is 4.79 Å². The van der Waals surface area contributed by atoms with Crippen LogP contribution in [-0.4, -0.2) is 36.3 Å². The number of hydrogen-bond acceptors (Lipinski definition) is 3. The predicted octanol–water partition coefficient (Wildman–Crippen LogP) is 1.82. The Kier molecular flexibility index (Phi) is 4.14. The first-order valence-corrected chi connectivity index (χ1v) is 7.27. The topological polar surface area (TPSA) is 58.4 Å². The third-order valence-corrected chi connectivity index (χ3v) is 3.76. The van der Waals surface area contributed by atoms with Crippen molar-refractivity contribution in [3.05, 3.63) is 29.8 Å². The molecular formula is C13H19N3OS. The quantitative estimate of drug-likeness (QED) is 0.816. The van der Waals surface area contributed by atoms with Gasteiger partial charge >= 0.3 is 6.03 Å². The summed E-state index contributed by atoms with van der Waals surface area (Å²) >= 11 is 1.72. The van der Waals surface area contributed by atoms with Crippen LogP contribution in [0.2, 0.25) is 0 Å². The molecule has 98 valence electrons. The lowest BCUT2D eigenvalue weighted by Crippen LogP contribution is -2.37. The molecule has 4 nitrogen and oxygen atoms in total. The van der Waals surface area contributed by atoms with Crippen LogP contribution in [0.25, 0.3) is 0 Å². The minimum absolute atomic E-state index is 0.00775. The molecule has 1 aliphatic heterocycles. The Balaban J connectivity index is 2.04. The maximum atomic E-state index is 11.8. The molecule has 2 amide bonds. The van der Waals surface area contributed by atoms with Gasteiger partial charge in [-0.15, -0.1) is 11.8 Å². The highest BCUT2D eigenvalue weighted by atomic mass is 32.2. The number of benzene rings is 1. The molecule has 0 aliphatic carbocycles. The number of amides is 2. The molecule has 0 bridgehead atoms. The van der Waals surface area contributed by atoms with E-state index < -0.39 is 0 Å². The van der Waals surface area contributed by atoms with E-state index in [9.17, 15) is 4.79 Å². The number of carbonyl (C=O) groups excluding carboxylic acids is 1. The SMILES string of the molecule is CSc1ccc(C2CN(CC(C)N)C(=O)N2)cc1. The Bertz CT molecular complexity index is 419. The van der Waals surface area contributed by atoms with E-state index in [2.05, 4.69) is 35.8 Å². The first-order chi connectivity index (χ1) is 8.60. The van der Waals surface area contributed by atoms with Gasteiger partial charge in [0.1, 0.15) is 0 Å². The van der Waals surface area contributed by atoms with Gasteiger partial charge < -0.3 is 16.0 Å². The second kappa shape index (κ2) is 5.63. The van der Waals surface area contributed by atoms with Crippen molar-refractivity contribution in [2.24, 2.45) is 5.73 Å². The molecule has 1 aromatic carbocycles. The summed E-state index contributed by atoms with van der Waals surface area (Å²) in [4.78, 5) is 14.8. The fourth-order valence-electron chi connectivity index (χ4n) is 2.12. The van der Waals surface area contributed by atoms with Gasteiger partial charge in [0.05, 0.1) is 6.04 Å². The van der Waals surface area contributed by atoms with E-state index in [1.54, 1.807) is 16.7 Å². The minimum Gasteiger partial charge on any atom is -0.329 e. The van der Waals surface area contributed by atoms with Crippen LogP contribution >= 0.6 is 11.8 Å². The third-order valence-electron chi connectivity index (χ3n) is 3.01. The second-order valence-corrected chi connectivity index (χ2v) is 5.54. The first kappa shape index (κ1) is 13.2. The molecule has 0 radical (unpaired) electrons. The number of urea groups is 1. The van der Waals surface area contributed by atoms with Crippen LogP contribution in [-0.2, 0) is 0 Å². The van der Waals surface area contributed by atoms with Crippen molar-refractivity contribution in [1.82, 2.24) is 10.2 Å². The van der Waals surface area contributed by atoms with Crippen LogP contribution in [0.3, 0.4) is 0 Å². The van der Waals surface area contributed by atoms with Gasteiger partial charge in [-0.3, -0.25) is 0 Å². The van der Waals surface area contributed by atoms with Crippen molar-refractivity contribution in [2.75, 3.05) is 19.3 Å². The Labute approximate surface area is 112 Å². The van der Waals surface area contributed by atoms with E-state index >= 15 is 0 Å². The molecule has 2 rings (SSSR count). The van der Waals surface area contributed by atoms with Crippen LogP contribution < -0.4 is 11.1 Å². The van der Waals surface area contributed by atoms with Gasteiger partial charge in [-0.1, -0.05) is 12.1 Å².